The minimum absolute atomic E-state index is 0.300. The predicted octanol–water partition coefficient (Wildman–Crippen LogP) is -0.211. The molecule has 0 saturated heterocycles. The Kier molecular flexibility index (Phi) is 4.19. The topological polar surface area (TPSA) is 83.5 Å². The van der Waals surface area contributed by atoms with Gasteiger partial charge in [0.05, 0.1) is 5.75 Å². The molecule has 2 N–H and O–H groups in total. The van der Waals surface area contributed by atoms with Crippen LogP contribution in [0.1, 0.15) is 20.3 Å². The van der Waals surface area contributed by atoms with Gasteiger partial charge in [-0.1, -0.05) is 6.92 Å². The van der Waals surface area contributed by atoms with Crippen LogP contribution in [0.4, 0.5) is 0 Å². The summed E-state index contributed by atoms with van der Waals surface area (Å²) < 4.78 is 29.2. The van der Waals surface area contributed by atoms with Crippen LogP contribution in [-0.2, 0) is 14.9 Å². The van der Waals surface area contributed by atoms with E-state index in [0.29, 0.717) is 6.42 Å². The van der Waals surface area contributed by atoms with Gasteiger partial charge in [0.1, 0.15) is 0 Å². The highest BCUT2D eigenvalue weighted by atomic mass is 32.2. The van der Waals surface area contributed by atoms with Crippen molar-refractivity contribution in [3.8, 4) is 0 Å². The quantitative estimate of drug-likeness (QED) is 0.608. The molecule has 0 radical (unpaired) electrons. The third-order valence-electron chi connectivity index (χ3n) is 1.31. The third-order valence-corrected chi connectivity index (χ3v) is 2.14. The molecular weight excluding hydrogens is 182 g/mol. The van der Waals surface area contributed by atoms with Crippen molar-refractivity contribution in [1.29, 1.82) is 0 Å². The van der Waals surface area contributed by atoms with Gasteiger partial charge >= 0.3 is 0 Å². The molecular formula is C6H13NO4S. The smallest absolute Gasteiger partial charge is 0.266 e. The van der Waals surface area contributed by atoms with Crippen molar-refractivity contribution in [1.82, 2.24) is 5.32 Å². The van der Waals surface area contributed by atoms with Crippen molar-refractivity contribution in [2.24, 2.45) is 0 Å². The summed E-state index contributed by atoms with van der Waals surface area (Å²) in [4.78, 5) is 10.5. The number of carbonyl (C=O) groups excluding carboxylic acids is 1. The minimum atomic E-state index is -4.00. The van der Waals surface area contributed by atoms with E-state index >= 15 is 0 Å². The molecule has 5 nitrogen and oxygen atoms in total. The minimum Gasteiger partial charge on any atom is -0.353 e. The maximum Gasteiger partial charge on any atom is 0.266 e. The molecule has 0 heterocycles. The predicted molar refractivity (Wildman–Crippen MR) is 44.3 cm³/mol. The Morgan fingerprint density at radius 3 is 2.33 bits per heavy atom. The van der Waals surface area contributed by atoms with Gasteiger partial charge in [-0.05, 0) is 6.42 Å². The first-order valence-corrected chi connectivity index (χ1v) is 5.18. The largest absolute Gasteiger partial charge is 0.353 e. The normalized spacial score (nSPS) is 13.9. The van der Waals surface area contributed by atoms with Gasteiger partial charge in [0, 0.05) is 13.0 Å². The molecule has 0 aromatic carbocycles. The average Bonchev–Trinajstić information content (AvgIpc) is 1.82. The lowest BCUT2D eigenvalue weighted by Gasteiger charge is -2.12. The zero-order valence-corrected chi connectivity index (χ0v) is 7.89. The van der Waals surface area contributed by atoms with Gasteiger partial charge in [-0.25, -0.2) is 0 Å². The van der Waals surface area contributed by atoms with Crippen molar-refractivity contribution in [2.75, 3.05) is 5.75 Å². The summed E-state index contributed by atoms with van der Waals surface area (Å²) in [6, 6.07) is -0.502. The Morgan fingerprint density at radius 2 is 2.08 bits per heavy atom. The molecule has 0 aliphatic rings. The maximum absolute atomic E-state index is 10.5. The Bertz CT molecular complexity index is 246. The molecule has 1 unspecified atom stereocenters. The summed E-state index contributed by atoms with van der Waals surface area (Å²) in [5.41, 5.74) is 0. The van der Waals surface area contributed by atoms with E-state index in [0.717, 1.165) is 0 Å². The van der Waals surface area contributed by atoms with Crippen molar-refractivity contribution < 1.29 is 17.8 Å². The molecule has 0 aromatic heterocycles. The van der Waals surface area contributed by atoms with E-state index in [2.05, 4.69) is 5.32 Å². The molecule has 0 aliphatic heterocycles. The first-order valence-electron chi connectivity index (χ1n) is 3.57. The first-order chi connectivity index (χ1) is 5.35. The Hall–Kier alpha value is -0.620. The van der Waals surface area contributed by atoms with E-state index in [1.807, 2.05) is 0 Å². The highest BCUT2D eigenvalue weighted by Gasteiger charge is 2.15. The summed E-state index contributed by atoms with van der Waals surface area (Å²) in [6.45, 7) is 3.03. The second-order valence-electron chi connectivity index (χ2n) is 2.55. The van der Waals surface area contributed by atoms with Crippen LogP contribution in [0.25, 0.3) is 0 Å². The molecule has 1 atom stereocenters. The molecule has 0 aliphatic carbocycles. The summed E-state index contributed by atoms with van der Waals surface area (Å²) in [5, 5.41) is 2.41. The number of nitrogens with one attached hydrogen (secondary N) is 1. The van der Waals surface area contributed by atoms with Gasteiger partial charge < -0.3 is 5.32 Å². The van der Waals surface area contributed by atoms with E-state index in [4.69, 9.17) is 4.55 Å². The van der Waals surface area contributed by atoms with Crippen LogP contribution in [0.2, 0.25) is 0 Å². The highest BCUT2D eigenvalue weighted by molar-refractivity contribution is 7.85. The van der Waals surface area contributed by atoms with Gasteiger partial charge in [-0.15, -0.1) is 0 Å². The zero-order chi connectivity index (χ0) is 9.78. The van der Waals surface area contributed by atoms with Crippen LogP contribution in [0.3, 0.4) is 0 Å². The highest BCUT2D eigenvalue weighted by Crippen LogP contribution is 1.95. The van der Waals surface area contributed by atoms with Crippen LogP contribution in [0, 0.1) is 0 Å². The molecule has 0 spiro atoms. The number of hydrogen-bond donors (Lipinski definition) is 2. The molecule has 0 aromatic rings. The molecule has 0 fully saturated rings. The van der Waals surface area contributed by atoms with Crippen molar-refractivity contribution in [3.05, 3.63) is 0 Å². The molecule has 1 amide bonds. The van der Waals surface area contributed by atoms with Gasteiger partial charge in [0.15, 0.2) is 0 Å². The average molecular weight is 195 g/mol. The molecule has 0 rings (SSSR count). The molecule has 72 valence electrons. The number of carbonyl (C=O) groups is 1. The van der Waals surface area contributed by atoms with E-state index in [1.54, 1.807) is 6.92 Å². The van der Waals surface area contributed by atoms with E-state index in [-0.39, 0.29) is 5.91 Å². The van der Waals surface area contributed by atoms with Crippen LogP contribution in [-0.4, -0.2) is 30.7 Å². The lowest BCUT2D eigenvalue weighted by atomic mass is 10.2. The second-order valence-corrected chi connectivity index (χ2v) is 4.05. The lowest BCUT2D eigenvalue weighted by molar-refractivity contribution is -0.119. The van der Waals surface area contributed by atoms with Gasteiger partial charge in [0.2, 0.25) is 5.91 Å². The fraction of sp³-hybridized carbons (Fsp3) is 0.833. The van der Waals surface area contributed by atoms with Gasteiger partial charge in [0.25, 0.3) is 10.1 Å². The summed E-state index contributed by atoms with van der Waals surface area (Å²) in [7, 11) is -4.00. The third kappa shape index (κ3) is 6.11. The van der Waals surface area contributed by atoms with E-state index in [1.165, 1.54) is 6.92 Å². The maximum atomic E-state index is 10.5. The zero-order valence-electron chi connectivity index (χ0n) is 7.07. The summed E-state index contributed by atoms with van der Waals surface area (Å²) >= 11 is 0. The van der Waals surface area contributed by atoms with Gasteiger partial charge in [-0.3, -0.25) is 9.35 Å². The standard InChI is InChI=1S/C6H13NO4S/c1-3-6(7-5(2)8)4-12(9,10)11/h6H,3-4H2,1-2H3,(H,7,8)(H,9,10,11). The van der Waals surface area contributed by atoms with Crippen molar-refractivity contribution >= 4 is 16.0 Å². The SMILES string of the molecule is CCC(CS(=O)(=O)O)NC(C)=O. The molecule has 0 saturated carbocycles. The fourth-order valence-electron chi connectivity index (χ4n) is 0.803. The Labute approximate surface area is 71.9 Å². The van der Waals surface area contributed by atoms with Crippen molar-refractivity contribution in [3.63, 3.8) is 0 Å². The first kappa shape index (κ1) is 11.4. The van der Waals surface area contributed by atoms with Crippen LogP contribution in [0.15, 0.2) is 0 Å². The summed E-state index contributed by atoms with van der Waals surface area (Å²) in [6.07, 6.45) is 0.472. The number of rotatable bonds is 4. The number of amides is 1. The molecule has 6 heteroatoms. The summed E-state index contributed by atoms with van der Waals surface area (Å²) in [5.74, 6) is -0.728. The van der Waals surface area contributed by atoms with Crippen LogP contribution < -0.4 is 5.32 Å². The number of hydrogen-bond acceptors (Lipinski definition) is 3. The monoisotopic (exact) mass is 195 g/mol. The van der Waals surface area contributed by atoms with E-state index < -0.39 is 21.9 Å². The molecule has 0 bridgehead atoms. The Morgan fingerprint density at radius 1 is 1.58 bits per heavy atom. The van der Waals surface area contributed by atoms with Crippen LogP contribution >= 0.6 is 0 Å². The lowest BCUT2D eigenvalue weighted by Crippen LogP contribution is -2.37. The van der Waals surface area contributed by atoms with Crippen molar-refractivity contribution in [2.45, 2.75) is 26.3 Å². The fourth-order valence-corrected chi connectivity index (χ4v) is 1.63. The second kappa shape index (κ2) is 4.42. The molecule has 12 heavy (non-hydrogen) atoms. The Balaban J connectivity index is 4.10. The van der Waals surface area contributed by atoms with Crippen LogP contribution in [0.5, 0.6) is 0 Å². The van der Waals surface area contributed by atoms with Gasteiger partial charge in [-0.2, -0.15) is 8.42 Å². The van der Waals surface area contributed by atoms with E-state index in [9.17, 15) is 13.2 Å².